The highest BCUT2D eigenvalue weighted by molar-refractivity contribution is 7.13. The van der Waals surface area contributed by atoms with Gasteiger partial charge in [0.25, 0.3) is 5.91 Å². The molecule has 0 bridgehead atoms. The number of nitrogens with zero attached hydrogens (tertiary/aromatic N) is 1. The van der Waals surface area contributed by atoms with E-state index in [4.69, 9.17) is 8.83 Å². The summed E-state index contributed by atoms with van der Waals surface area (Å²) < 4.78 is 10.7. The molecule has 0 saturated heterocycles. The molecule has 0 unspecified atom stereocenters. The quantitative estimate of drug-likeness (QED) is 0.800. The zero-order valence-corrected chi connectivity index (χ0v) is 11.6. The molecule has 0 radical (unpaired) electrons. The number of carbonyl (C=O) groups is 1. The maximum Gasteiger partial charge on any atom is 0.274 e. The Labute approximate surface area is 119 Å². The smallest absolute Gasteiger partial charge is 0.274 e. The van der Waals surface area contributed by atoms with E-state index in [1.54, 1.807) is 0 Å². The van der Waals surface area contributed by atoms with Crippen LogP contribution >= 0.6 is 11.3 Å². The molecule has 0 aromatic carbocycles. The van der Waals surface area contributed by atoms with Crippen LogP contribution in [0, 0.1) is 6.92 Å². The molecule has 3 aromatic heterocycles. The van der Waals surface area contributed by atoms with Gasteiger partial charge in [-0.25, -0.2) is 4.98 Å². The van der Waals surface area contributed by atoms with Crippen molar-refractivity contribution in [3.05, 3.63) is 53.3 Å². The number of aromatic nitrogens is 1. The van der Waals surface area contributed by atoms with E-state index >= 15 is 0 Å². The van der Waals surface area contributed by atoms with E-state index in [0.717, 1.165) is 10.6 Å². The van der Waals surface area contributed by atoms with Crippen molar-refractivity contribution in [1.82, 2.24) is 10.3 Å². The largest absolute Gasteiger partial charge is 0.465 e. The lowest BCUT2D eigenvalue weighted by molar-refractivity contribution is 0.0943. The molecule has 3 rings (SSSR count). The molecule has 102 valence electrons. The Bertz CT molecular complexity index is 712. The van der Waals surface area contributed by atoms with Gasteiger partial charge >= 0.3 is 0 Å². The molecule has 1 N–H and O–H groups in total. The number of thiophene rings is 1. The van der Waals surface area contributed by atoms with Gasteiger partial charge in [-0.2, -0.15) is 0 Å². The van der Waals surface area contributed by atoms with Crippen LogP contribution in [0.5, 0.6) is 0 Å². The van der Waals surface area contributed by atoms with Crippen LogP contribution in [0.2, 0.25) is 0 Å². The zero-order valence-electron chi connectivity index (χ0n) is 10.8. The van der Waals surface area contributed by atoms with Gasteiger partial charge in [0.2, 0.25) is 0 Å². The predicted octanol–water partition coefficient (Wildman–Crippen LogP) is 3.23. The third-order valence-electron chi connectivity index (χ3n) is 2.75. The summed E-state index contributed by atoms with van der Waals surface area (Å²) in [6.07, 6.45) is 1.28. The summed E-state index contributed by atoms with van der Waals surface area (Å²) in [4.78, 5) is 17.0. The Kier molecular flexibility index (Phi) is 3.39. The van der Waals surface area contributed by atoms with Crippen molar-refractivity contribution >= 4 is 17.2 Å². The van der Waals surface area contributed by atoms with E-state index in [9.17, 15) is 4.79 Å². The van der Waals surface area contributed by atoms with Crippen molar-refractivity contribution in [2.45, 2.75) is 13.5 Å². The van der Waals surface area contributed by atoms with Gasteiger partial charge in [0.1, 0.15) is 11.5 Å². The van der Waals surface area contributed by atoms with Gasteiger partial charge in [-0.3, -0.25) is 4.79 Å². The fourth-order valence-corrected chi connectivity index (χ4v) is 2.53. The van der Waals surface area contributed by atoms with Crippen LogP contribution in [0.25, 0.3) is 10.6 Å². The molecule has 3 aromatic rings. The Morgan fingerprint density at radius 1 is 1.40 bits per heavy atom. The first-order chi connectivity index (χ1) is 9.74. The minimum atomic E-state index is -0.281. The third kappa shape index (κ3) is 2.50. The number of oxazole rings is 1. The highest BCUT2D eigenvalue weighted by atomic mass is 32.1. The van der Waals surface area contributed by atoms with Crippen LogP contribution in [0.4, 0.5) is 0 Å². The number of rotatable bonds is 4. The van der Waals surface area contributed by atoms with E-state index in [2.05, 4.69) is 10.3 Å². The van der Waals surface area contributed by atoms with Crippen molar-refractivity contribution < 1.29 is 13.6 Å². The summed E-state index contributed by atoms with van der Waals surface area (Å²) in [6.45, 7) is 2.18. The van der Waals surface area contributed by atoms with Crippen LogP contribution in [0.15, 0.2) is 44.9 Å². The van der Waals surface area contributed by atoms with Crippen molar-refractivity contribution in [3.63, 3.8) is 0 Å². The van der Waals surface area contributed by atoms with E-state index < -0.39 is 0 Å². The average molecular weight is 288 g/mol. The molecule has 5 nitrogen and oxygen atoms in total. The second kappa shape index (κ2) is 5.34. The second-order valence-electron chi connectivity index (χ2n) is 4.20. The first-order valence-electron chi connectivity index (χ1n) is 6.05. The summed E-state index contributed by atoms with van der Waals surface area (Å²) in [6, 6.07) is 7.47. The number of nitrogens with one attached hydrogen (secondary N) is 1. The number of hydrogen-bond acceptors (Lipinski definition) is 5. The molecule has 0 fully saturated rings. The van der Waals surface area contributed by atoms with Gasteiger partial charge in [0.05, 0.1) is 11.4 Å². The fraction of sp³-hybridized carbons (Fsp3) is 0.143. The van der Waals surface area contributed by atoms with E-state index in [1.165, 1.54) is 17.7 Å². The summed E-state index contributed by atoms with van der Waals surface area (Å²) in [5, 5.41) is 4.69. The van der Waals surface area contributed by atoms with Crippen LogP contribution in [0.1, 0.15) is 22.0 Å². The minimum Gasteiger partial charge on any atom is -0.465 e. The zero-order chi connectivity index (χ0) is 13.9. The maximum atomic E-state index is 12.1. The first kappa shape index (κ1) is 12.7. The lowest BCUT2D eigenvalue weighted by Crippen LogP contribution is -2.23. The summed E-state index contributed by atoms with van der Waals surface area (Å²) >= 11 is 1.50. The Morgan fingerprint density at radius 2 is 2.30 bits per heavy atom. The van der Waals surface area contributed by atoms with Gasteiger partial charge in [0.15, 0.2) is 17.8 Å². The van der Waals surface area contributed by atoms with Gasteiger partial charge in [-0.15, -0.1) is 11.3 Å². The highest BCUT2D eigenvalue weighted by Crippen LogP contribution is 2.27. The molecule has 3 heterocycles. The molecule has 6 heteroatoms. The second-order valence-corrected chi connectivity index (χ2v) is 5.15. The summed E-state index contributed by atoms with van der Waals surface area (Å²) in [7, 11) is 0. The maximum absolute atomic E-state index is 12.1. The van der Waals surface area contributed by atoms with E-state index in [-0.39, 0.29) is 11.6 Å². The monoisotopic (exact) mass is 288 g/mol. The molecule has 0 spiro atoms. The van der Waals surface area contributed by atoms with Crippen LogP contribution in [-0.4, -0.2) is 10.9 Å². The van der Waals surface area contributed by atoms with Gasteiger partial charge in [-0.05, 0) is 30.5 Å². The molecule has 0 aliphatic carbocycles. The molecular formula is C14H12N2O3S. The summed E-state index contributed by atoms with van der Waals surface area (Å²) in [5.41, 5.74) is 0.288. The molecular weight excluding hydrogens is 276 g/mol. The topological polar surface area (TPSA) is 68.3 Å². The SMILES string of the molecule is Cc1ccc(CNC(=O)c2ncoc2-c2cccs2)o1. The number of carbonyl (C=O) groups excluding carboxylic acids is 1. The lowest BCUT2D eigenvalue weighted by atomic mass is 10.3. The standard InChI is InChI=1S/C14H12N2O3S/c1-9-4-5-10(19-9)7-15-14(17)12-13(18-8-16-12)11-3-2-6-20-11/h2-6,8H,7H2,1H3,(H,15,17). The molecule has 0 saturated carbocycles. The summed E-state index contributed by atoms with van der Waals surface area (Å²) in [5.74, 6) is 1.73. The van der Waals surface area contributed by atoms with E-state index in [0.29, 0.717) is 18.1 Å². The van der Waals surface area contributed by atoms with Crippen molar-refractivity contribution in [2.75, 3.05) is 0 Å². The fourth-order valence-electron chi connectivity index (χ4n) is 1.82. The van der Waals surface area contributed by atoms with Gasteiger partial charge < -0.3 is 14.2 Å². The van der Waals surface area contributed by atoms with Gasteiger partial charge in [-0.1, -0.05) is 6.07 Å². The van der Waals surface area contributed by atoms with Crippen molar-refractivity contribution in [3.8, 4) is 10.6 Å². The van der Waals surface area contributed by atoms with Gasteiger partial charge in [0, 0.05) is 0 Å². The third-order valence-corrected chi connectivity index (χ3v) is 3.62. The number of hydrogen-bond donors (Lipinski definition) is 1. The molecule has 0 aliphatic heterocycles. The molecule has 20 heavy (non-hydrogen) atoms. The highest BCUT2D eigenvalue weighted by Gasteiger charge is 2.18. The number of furan rings is 1. The van der Waals surface area contributed by atoms with Crippen LogP contribution in [0.3, 0.4) is 0 Å². The Hall–Kier alpha value is -2.34. The molecule has 0 atom stereocenters. The average Bonchev–Trinajstić information content (AvgIpc) is 3.16. The number of aryl methyl sites for hydroxylation is 1. The van der Waals surface area contributed by atoms with Crippen LogP contribution in [-0.2, 0) is 6.54 Å². The lowest BCUT2D eigenvalue weighted by Gasteiger charge is -2.01. The first-order valence-corrected chi connectivity index (χ1v) is 6.93. The minimum absolute atomic E-state index is 0.281. The normalized spacial score (nSPS) is 10.7. The van der Waals surface area contributed by atoms with Crippen molar-refractivity contribution in [1.29, 1.82) is 0 Å². The Morgan fingerprint density at radius 3 is 3.00 bits per heavy atom. The molecule has 0 aliphatic rings. The van der Waals surface area contributed by atoms with E-state index in [1.807, 2.05) is 36.6 Å². The Balaban J connectivity index is 1.73. The predicted molar refractivity (Wildman–Crippen MR) is 74.4 cm³/mol. The van der Waals surface area contributed by atoms with Crippen molar-refractivity contribution in [2.24, 2.45) is 0 Å². The van der Waals surface area contributed by atoms with Crippen LogP contribution < -0.4 is 5.32 Å². The number of amides is 1. The molecule has 1 amide bonds.